The van der Waals surface area contributed by atoms with Crippen molar-refractivity contribution < 1.29 is 13.2 Å². The van der Waals surface area contributed by atoms with Crippen molar-refractivity contribution >= 4 is 21.7 Å². The molecule has 5 rings (SSSR count). The lowest BCUT2D eigenvalue weighted by Crippen LogP contribution is -2.39. The number of hydrogen-bond acceptors (Lipinski definition) is 6. The van der Waals surface area contributed by atoms with E-state index in [-0.39, 0.29) is 23.5 Å². The van der Waals surface area contributed by atoms with E-state index in [2.05, 4.69) is 16.8 Å². The molecule has 28 heavy (non-hydrogen) atoms. The molecule has 0 spiro atoms. The van der Waals surface area contributed by atoms with Crippen molar-refractivity contribution in [3.8, 4) is 0 Å². The summed E-state index contributed by atoms with van der Waals surface area (Å²) >= 11 is 0. The summed E-state index contributed by atoms with van der Waals surface area (Å²) in [5.74, 6) is 1.33. The van der Waals surface area contributed by atoms with Crippen molar-refractivity contribution in [1.29, 1.82) is 0 Å². The number of sulfone groups is 1. The zero-order valence-corrected chi connectivity index (χ0v) is 17.2. The molecule has 1 aromatic heterocycles. The van der Waals surface area contributed by atoms with Crippen molar-refractivity contribution in [2.24, 2.45) is 11.8 Å². The molecule has 3 aliphatic heterocycles. The molecule has 0 radical (unpaired) electrons. The minimum atomic E-state index is -3.29. The molecule has 0 aromatic carbocycles. The Morgan fingerprint density at radius 1 is 1.14 bits per heavy atom. The lowest BCUT2D eigenvalue weighted by atomic mass is 9.84. The maximum absolute atomic E-state index is 12.9. The quantitative estimate of drug-likeness (QED) is 0.747. The van der Waals surface area contributed by atoms with Crippen LogP contribution < -0.4 is 4.90 Å². The molecule has 2 saturated heterocycles. The van der Waals surface area contributed by atoms with Crippen LogP contribution in [0, 0.1) is 11.8 Å². The summed E-state index contributed by atoms with van der Waals surface area (Å²) in [6.07, 6.45) is 7.04. The predicted octanol–water partition coefficient (Wildman–Crippen LogP) is 1.74. The number of rotatable bonds is 2. The van der Waals surface area contributed by atoms with E-state index in [1.54, 1.807) is 11.1 Å². The smallest absolute Gasteiger partial charge is 0.225 e. The number of anilines is 1. The lowest BCUT2D eigenvalue weighted by Gasteiger charge is -2.32. The van der Waals surface area contributed by atoms with Crippen LogP contribution >= 0.6 is 0 Å². The topological polar surface area (TPSA) is 83.5 Å². The van der Waals surface area contributed by atoms with Crippen LogP contribution in [0.2, 0.25) is 0 Å². The Hall–Kier alpha value is -1.70. The summed E-state index contributed by atoms with van der Waals surface area (Å²) < 4.78 is 25.7. The summed E-state index contributed by atoms with van der Waals surface area (Å²) in [4.78, 5) is 26.1. The Kier molecular flexibility index (Phi) is 4.37. The summed E-state index contributed by atoms with van der Waals surface area (Å²) in [6.45, 7) is 4.92. The van der Waals surface area contributed by atoms with Gasteiger partial charge in [-0.25, -0.2) is 18.4 Å². The van der Waals surface area contributed by atoms with Gasteiger partial charge in [-0.05, 0) is 31.6 Å². The molecule has 0 unspecified atom stereocenters. The molecule has 8 heteroatoms. The summed E-state index contributed by atoms with van der Waals surface area (Å²) in [7, 11) is -3.29. The average molecular weight is 405 g/mol. The highest BCUT2D eigenvalue weighted by molar-refractivity contribution is 7.91. The highest BCUT2D eigenvalue weighted by Gasteiger charge is 2.49. The van der Waals surface area contributed by atoms with Gasteiger partial charge in [-0.2, -0.15) is 0 Å². The van der Waals surface area contributed by atoms with Gasteiger partial charge in [-0.15, -0.1) is 0 Å². The van der Waals surface area contributed by atoms with Gasteiger partial charge in [0.1, 0.15) is 0 Å². The number of carbonyl (C=O) groups is 1. The van der Waals surface area contributed by atoms with E-state index >= 15 is 0 Å². The van der Waals surface area contributed by atoms with E-state index in [4.69, 9.17) is 4.98 Å². The Morgan fingerprint density at radius 3 is 2.68 bits per heavy atom. The molecule has 0 N–H and O–H groups in total. The van der Waals surface area contributed by atoms with Crippen LogP contribution in [0.1, 0.15) is 56.2 Å². The molecule has 1 aliphatic carbocycles. The molecular weight excluding hydrogens is 376 g/mol. The number of nitrogens with zero attached hydrogens (tertiary/aromatic N) is 4. The summed E-state index contributed by atoms with van der Waals surface area (Å²) in [6, 6.07) is 0. The Morgan fingerprint density at radius 2 is 1.96 bits per heavy atom. The molecule has 0 bridgehead atoms. The summed E-state index contributed by atoms with van der Waals surface area (Å²) in [5, 5.41) is -0.521. The van der Waals surface area contributed by atoms with E-state index < -0.39 is 15.1 Å². The minimum Gasteiger partial charge on any atom is -0.341 e. The zero-order valence-electron chi connectivity index (χ0n) is 16.4. The lowest BCUT2D eigenvalue weighted by molar-refractivity contribution is -0.137. The third-order valence-corrected chi connectivity index (χ3v) is 9.14. The van der Waals surface area contributed by atoms with Crippen LogP contribution in [-0.4, -0.2) is 60.6 Å². The first-order valence-corrected chi connectivity index (χ1v) is 12.2. The molecule has 152 valence electrons. The van der Waals surface area contributed by atoms with Crippen molar-refractivity contribution in [1.82, 2.24) is 14.9 Å². The number of fused-ring (bicyclic) bond motifs is 3. The van der Waals surface area contributed by atoms with Crippen molar-refractivity contribution in [2.45, 2.75) is 55.9 Å². The first kappa shape index (κ1) is 18.3. The minimum absolute atomic E-state index is 0.00829. The Bertz CT molecular complexity index is 899. The number of amides is 1. The fourth-order valence-corrected chi connectivity index (χ4v) is 7.18. The molecule has 4 aliphatic rings. The average Bonchev–Trinajstić information content (AvgIpc) is 3.07. The van der Waals surface area contributed by atoms with Gasteiger partial charge in [0.15, 0.2) is 9.84 Å². The first-order chi connectivity index (χ1) is 13.4. The number of aromatic nitrogens is 2. The molecule has 3 atom stereocenters. The number of likely N-dealkylation sites (tertiary alicyclic amines) is 1. The molecule has 7 nitrogen and oxygen atoms in total. The highest BCUT2D eigenvalue weighted by atomic mass is 32.2. The monoisotopic (exact) mass is 404 g/mol. The second-order valence-electron chi connectivity index (χ2n) is 9.10. The fraction of sp³-hybridized carbons (Fsp3) is 0.750. The number of piperidine rings is 1. The highest BCUT2D eigenvalue weighted by Crippen LogP contribution is 2.41. The van der Waals surface area contributed by atoms with Gasteiger partial charge in [-0.1, -0.05) is 13.3 Å². The molecular formula is C20H28N4O3S. The standard InChI is InChI=1S/C20H28N4O3S/c1-13-4-3-7-23(9-13)20-21-8-15-12-28(26,27)17-11-24(10-16(17)18(15)22-20)19(25)14-5-2-6-14/h8,13-14,16-17H,2-7,9-12H2,1H3/t13-,16+,17-/m1/s1. The van der Waals surface area contributed by atoms with Gasteiger partial charge in [0.25, 0.3) is 0 Å². The zero-order chi connectivity index (χ0) is 19.5. The molecule has 1 amide bonds. The van der Waals surface area contributed by atoms with Crippen molar-refractivity contribution in [3.05, 3.63) is 17.5 Å². The summed E-state index contributed by atoms with van der Waals surface area (Å²) in [5.41, 5.74) is 1.57. The molecule has 1 aromatic rings. The number of hydrogen-bond donors (Lipinski definition) is 0. The first-order valence-electron chi connectivity index (χ1n) is 10.5. The van der Waals surface area contributed by atoms with Crippen molar-refractivity contribution in [2.75, 3.05) is 31.1 Å². The van der Waals surface area contributed by atoms with Gasteiger partial charge >= 0.3 is 0 Å². The fourth-order valence-electron chi connectivity index (χ4n) is 5.18. The van der Waals surface area contributed by atoms with Crippen LogP contribution in [0.4, 0.5) is 5.95 Å². The second kappa shape index (κ2) is 6.68. The van der Waals surface area contributed by atoms with E-state index in [1.807, 2.05) is 0 Å². The Labute approximate surface area is 166 Å². The third-order valence-electron chi connectivity index (χ3n) is 7.03. The van der Waals surface area contributed by atoms with E-state index in [0.29, 0.717) is 30.5 Å². The molecule has 3 fully saturated rings. The SMILES string of the molecule is C[C@@H]1CCCN(c2ncc3c(n2)[C@H]2CN(C(=O)C4CCC4)C[C@H]2S(=O)(=O)C3)C1. The van der Waals surface area contributed by atoms with E-state index in [0.717, 1.165) is 44.5 Å². The van der Waals surface area contributed by atoms with Gasteiger partial charge in [0.05, 0.1) is 16.7 Å². The third kappa shape index (κ3) is 3.00. The number of carbonyl (C=O) groups excluding carboxylic acids is 1. The molecule has 4 heterocycles. The van der Waals surface area contributed by atoms with Crippen LogP contribution in [0.15, 0.2) is 6.20 Å². The Balaban J connectivity index is 1.46. The second-order valence-corrected chi connectivity index (χ2v) is 11.3. The maximum Gasteiger partial charge on any atom is 0.225 e. The van der Waals surface area contributed by atoms with Crippen molar-refractivity contribution in [3.63, 3.8) is 0 Å². The van der Waals surface area contributed by atoms with Gasteiger partial charge in [-0.3, -0.25) is 4.79 Å². The van der Waals surface area contributed by atoms with Gasteiger partial charge in [0, 0.05) is 49.8 Å². The van der Waals surface area contributed by atoms with Crippen LogP contribution in [0.25, 0.3) is 0 Å². The van der Waals surface area contributed by atoms with Crippen LogP contribution in [-0.2, 0) is 20.4 Å². The van der Waals surface area contributed by atoms with E-state index in [1.165, 1.54) is 6.42 Å². The normalized spacial score (nSPS) is 31.8. The predicted molar refractivity (Wildman–Crippen MR) is 106 cm³/mol. The van der Waals surface area contributed by atoms with Crippen LogP contribution in [0.3, 0.4) is 0 Å². The van der Waals surface area contributed by atoms with Crippen LogP contribution in [0.5, 0.6) is 0 Å². The maximum atomic E-state index is 12.9. The molecule has 1 saturated carbocycles. The van der Waals surface area contributed by atoms with Gasteiger partial charge in [0.2, 0.25) is 11.9 Å². The van der Waals surface area contributed by atoms with E-state index in [9.17, 15) is 13.2 Å². The van der Waals surface area contributed by atoms with Gasteiger partial charge < -0.3 is 9.80 Å². The largest absolute Gasteiger partial charge is 0.341 e.